The summed E-state index contributed by atoms with van der Waals surface area (Å²) in [5, 5.41) is 1.08. The Morgan fingerprint density at radius 2 is 1.80 bits per heavy atom. The van der Waals surface area contributed by atoms with E-state index in [4.69, 9.17) is 9.47 Å². The number of benzene rings is 2. The third-order valence-corrected chi connectivity index (χ3v) is 3.94. The number of fused-ring (bicyclic) bond motifs is 1. The highest BCUT2D eigenvalue weighted by atomic mass is 16.5. The highest BCUT2D eigenvalue weighted by Gasteiger charge is 2.12. The standard InChI is InChI=1S/C21H21NO3/c1-16(13-20(23)25-14-17-7-3-2-4-8-17)24-15-19-10-5-9-18-11-6-12-22-21(18)19/h2-12,16H,13-15H2,1H3/t16-/m1/s1. The SMILES string of the molecule is C[C@H](CC(=O)OCc1ccccc1)OCc1cccc2cccnc12. The van der Waals surface area contributed by atoms with E-state index in [2.05, 4.69) is 4.98 Å². The normalized spacial score (nSPS) is 12.0. The summed E-state index contributed by atoms with van der Waals surface area (Å²) in [7, 11) is 0. The lowest BCUT2D eigenvalue weighted by Crippen LogP contribution is -2.16. The molecule has 0 unspecified atom stereocenters. The molecule has 0 saturated carbocycles. The molecule has 3 rings (SSSR count). The zero-order valence-corrected chi connectivity index (χ0v) is 14.2. The Labute approximate surface area is 147 Å². The van der Waals surface area contributed by atoms with Gasteiger partial charge in [0.05, 0.1) is 24.6 Å². The van der Waals surface area contributed by atoms with Crippen molar-refractivity contribution in [1.82, 2.24) is 4.98 Å². The summed E-state index contributed by atoms with van der Waals surface area (Å²) in [6.07, 6.45) is 1.78. The van der Waals surface area contributed by atoms with Crippen molar-refractivity contribution < 1.29 is 14.3 Å². The highest BCUT2D eigenvalue weighted by Crippen LogP contribution is 2.17. The molecule has 128 valence electrons. The van der Waals surface area contributed by atoms with Crippen LogP contribution < -0.4 is 0 Å². The van der Waals surface area contributed by atoms with Crippen LogP contribution in [-0.2, 0) is 27.5 Å². The van der Waals surface area contributed by atoms with E-state index in [-0.39, 0.29) is 18.5 Å². The Balaban J connectivity index is 1.49. The Morgan fingerprint density at radius 1 is 1.00 bits per heavy atom. The van der Waals surface area contributed by atoms with Gasteiger partial charge in [-0.25, -0.2) is 0 Å². The smallest absolute Gasteiger partial charge is 0.308 e. The maximum absolute atomic E-state index is 11.9. The van der Waals surface area contributed by atoms with Gasteiger partial charge in [0.25, 0.3) is 0 Å². The number of carbonyl (C=O) groups is 1. The van der Waals surface area contributed by atoms with E-state index in [1.54, 1.807) is 6.20 Å². The summed E-state index contributed by atoms with van der Waals surface area (Å²) in [6, 6.07) is 19.6. The van der Waals surface area contributed by atoms with Crippen molar-refractivity contribution >= 4 is 16.9 Å². The quantitative estimate of drug-likeness (QED) is 0.605. The van der Waals surface area contributed by atoms with Crippen LogP contribution >= 0.6 is 0 Å². The van der Waals surface area contributed by atoms with Crippen LogP contribution in [0.5, 0.6) is 0 Å². The van der Waals surface area contributed by atoms with E-state index in [0.717, 1.165) is 22.0 Å². The molecule has 0 aliphatic heterocycles. The lowest BCUT2D eigenvalue weighted by molar-refractivity contribution is -0.148. The van der Waals surface area contributed by atoms with Crippen LogP contribution in [-0.4, -0.2) is 17.1 Å². The summed E-state index contributed by atoms with van der Waals surface area (Å²) in [5.41, 5.74) is 2.93. The van der Waals surface area contributed by atoms with Crippen LogP contribution in [0.1, 0.15) is 24.5 Å². The average molecular weight is 335 g/mol. The third-order valence-electron chi connectivity index (χ3n) is 3.94. The van der Waals surface area contributed by atoms with E-state index in [9.17, 15) is 4.79 Å². The van der Waals surface area contributed by atoms with Crippen molar-refractivity contribution in [2.45, 2.75) is 32.7 Å². The Hall–Kier alpha value is -2.72. The number of hydrogen-bond donors (Lipinski definition) is 0. The minimum absolute atomic E-state index is 0.220. The average Bonchev–Trinajstić information content (AvgIpc) is 2.65. The van der Waals surface area contributed by atoms with Crippen molar-refractivity contribution in [3.05, 3.63) is 78.0 Å². The minimum Gasteiger partial charge on any atom is -0.461 e. The molecule has 4 nitrogen and oxygen atoms in total. The van der Waals surface area contributed by atoms with Crippen molar-refractivity contribution in [2.75, 3.05) is 0 Å². The lowest BCUT2D eigenvalue weighted by atomic mass is 10.1. The number of rotatable bonds is 7. The first-order chi connectivity index (χ1) is 12.2. The molecule has 0 amide bonds. The molecular formula is C21H21NO3. The van der Waals surface area contributed by atoms with E-state index in [0.29, 0.717) is 13.2 Å². The first-order valence-electron chi connectivity index (χ1n) is 8.36. The van der Waals surface area contributed by atoms with E-state index in [1.807, 2.05) is 67.6 Å². The summed E-state index contributed by atoms with van der Waals surface area (Å²) >= 11 is 0. The predicted octanol–water partition coefficient (Wildman–Crippen LogP) is 4.27. The molecule has 0 aliphatic carbocycles. The van der Waals surface area contributed by atoms with E-state index in [1.165, 1.54) is 0 Å². The van der Waals surface area contributed by atoms with Gasteiger partial charge in [0.2, 0.25) is 0 Å². The Bertz CT molecular complexity index is 827. The Kier molecular flexibility index (Phi) is 5.75. The van der Waals surface area contributed by atoms with E-state index >= 15 is 0 Å². The lowest BCUT2D eigenvalue weighted by Gasteiger charge is -2.13. The monoisotopic (exact) mass is 335 g/mol. The molecule has 2 aromatic carbocycles. The molecule has 1 atom stereocenters. The molecule has 0 radical (unpaired) electrons. The fourth-order valence-corrected chi connectivity index (χ4v) is 2.61. The number of esters is 1. The number of nitrogens with zero attached hydrogens (tertiary/aromatic N) is 1. The molecule has 0 fully saturated rings. The van der Waals surface area contributed by atoms with Gasteiger partial charge in [0, 0.05) is 17.1 Å². The summed E-state index contributed by atoms with van der Waals surface area (Å²) in [6.45, 7) is 2.59. The van der Waals surface area contributed by atoms with Crippen LogP contribution in [0.15, 0.2) is 66.9 Å². The van der Waals surface area contributed by atoms with Gasteiger partial charge in [0.1, 0.15) is 6.61 Å². The van der Waals surface area contributed by atoms with Gasteiger partial charge in [-0.1, -0.05) is 54.6 Å². The molecule has 0 bridgehead atoms. The number of hydrogen-bond acceptors (Lipinski definition) is 4. The van der Waals surface area contributed by atoms with Gasteiger partial charge in [-0.15, -0.1) is 0 Å². The highest BCUT2D eigenvalue weighted by molar-refractivity contribution is 5.81. The van der Waals surface area contributed by atoms with Gasteiger partial charge in [-0.2, -0.15) is 0 Å². The summed E-state index contributed by atoms with van der Waals surface area (Å²) < 4.78 is 11.1. The van der Waals surface area contributed by atoms with Crippen molar-refractivity contribution in [1.29, 1.82) is 0 Å². The number of ether oxygens (including phenoxy) is 2. The van der Waals surface area contributed by atoms with Crippen LogP contribution in [0.25, 0.3) is 10.9 Å². The maximum atomic E-state index is 11.9. The van der Waals surface area contributed by atoms with Crippen LogP contribution in [0.4, 0.5) is 0 Å². The fraction of sp³-hybridized carbons (Fsp3) is 0.238. The van der Waals surface area contributed by atoms with Gasteiger partial charge < -0.3 is 9.47 Å². The fourth-order valence-electron chi connectivity index (χ4n) is 2.61. The number of para-hydroxylation sites is 1. The molecule has 0 aliphatic rings. The molecule has 0 N–H and O–H groups in total. The first kappa shape index (κ1) is 17.1. The second kappa shape index (κ2) is 8.40. The Morgan fingerprint density at radius 3 is 2.64 bits per heavy atom. The van der Waals surface area contributed by atoms with E-state index < -0.39 is 0 Å². The number of pyridine rings is 1. The molecule has 4 heteroatoms. The second-order valence-electron chi connectivity index (χ2n) is 5.96. The van der Waals surface area contributed by atoms with Gasteiger partial charge in [-0.05, 0) is 18.6 Å². The van der Waals surface area contributed by atoms with Gasteiger partial charge in [-0.3, -0.25) is 9.78 Å². The number of carbonyl (C=O) groups excluding carboxylic acids is 1. The summed E-state index contributed by atoms with van der Waals surface area (Å²) in [5.74, 6) is -0.257. The largest absolute Gasteiger partial charge is 0.461 e. The molecule has 0 saturated heterocycles. The van der Waals surface area contributed by atoms with Crippen LogP contribution in [0.2, 0.25) is 0 Å². The van der Waals surface area contributed by atoms with Crippen molar-refractivity contribution in [3.8, 4) is 0 Å². The third kappa shape index (κ3) is 4.88. The topological polar surface area (TPSA) is 48.4 Å². The minimum atomic E-state index is -0.257. The molecule has 3 aromatic rings. The van der Waals surface area contributed by atoms with Crippen molar-refractivity contribution in [3.63, 3.8) is 0 Å². The van der Waals surface area contributed by atoms with Gasteiger partial charge >= 0.3 is 5.97 Å². The van der Waals surface area contributed by atoms with Crippen molar-refractivity contribution in [2.24, 2.45) is 0 Å². The molecule has 1 heterocycles. The van der Waals surface area contributed by atoms with Crippen LogP contribution in [0, 0.1) is 0 Å². The predicted molar refractivity (Wildman–Crippen MR) is 96.8 cm³/mol. The molecule has 25 heavy (non-hydrogen) atoms. The first-order valence-corrected chi connectivity index (χ1v) is 8.36. The van der Waals surface area contributed by atoms with Gasteiger partial charge in [0.15, 0.2) is 0 Å². The zero-order valence-electron chi connectivity index (χ0n) is 14.2. The van der Waals surface area contributed by atoms with Crippen LogP contribution in [0.3, 0.4) is 0 Å². The molecule has 1 aromatic heterocycles. The number of aromatic nitrogens is 1. The second-order valence-corrected chi connectivity index (χ2v) is 5.96. The zero-order chi connectivity index (χ0) is 17.5. The maximum Gasteiger partial charge on any atom is 0.308 e. The molecule has 0 spiro atoms. The summed E-state index contributed by atoms with van der Waals surface area (Å²) in [4.78, 5) is 16.3. The molecular weight excluding hydrogens is 314 g/mol.